The van der Waals surface area contributed by atoms with Crippen LogP contribution in [0.25, 0.3) is 0 Å². The Kier molecular flexibility index (Phi) is 15.9. The van der Waals surface area contributed by atoms with Crippen LogP contribution in [-0.4, -0.2) is 36.2 Å². The largest absolute Gasteiger partial charge is 0.507 e. The van der Waals surface area contributed by atoms with Crippen molar-refractivity contribution in [3.05, 3.63) is 123 Å². The van der Waals surface area contributed by atoms with Crippen LogP contribution < -0.4 is 10.9 Å². The first kappa shape index (κ1) is 38.2. The minimum absolute atomic E-state index is 0.220. The summed E-state index contributed by atoms with van der Waals surface area (Å²) in [7, 11) is 1.26. The molecule has 10 heteroatoms. The monoisotopic (exact) mass is 649 g/mol. The number of allylic oxidation sites excluding steroid dienone is 8. The molecule has 47 heavy (non-hydrogen) atoms. The third kappa shape index (κ3) is 12.7. The number of carbonyl (C=O) groups excluding carboxylic acids is 3. The normalized spacial score (nSPS) is 13.9. The summed E-state index contributed by atoms with van der Waals surface area (Å²) in [5.74, 6) is -2.14. The maximum absolute atomic E-state index is 13.3. The van der Waals surface area contributed by atoms with Crippen LogP contribution in [0.15, 0.2) is 98.9 Å². The molecule has 2 rings (SSSR count). The van der Waals surface area contributed by atoms with E-state index in [-0.39, 0.29) is 22.8 Å². The van der Waals surface area contributed by atoms with Crippen molar-refractivity contribution >= 4 is 17.8 Å². The van der Waals surface area contributed by atoms with Crippen LogP contribution in [0.4, 0.5) is 9.18 Å². The van der Waals surface area contributed by atoms with Crippen molar-refractivity contribution in [3.63, 3.8) is 0 Å². The van der Waals surface area contributed by atoms with E-state index in [1.807, 2.05) is 45.9 Å². The second-order valence-electron chi connectivity index (χ2n) is 11.1. The zero-order valence-corrected chi connectivity index (χ0v) is 27.8. The zero-order valence-electron chi connectivity index (χ0n) is 27.8. The Hall–Kier alpha value is -4.99. The van der Waals surface area contributed by atoms with Gasteiger partial charge in [0, 0.05) is 18.2 Å². The summed E-state index contributed by atoms with van der Waals surface area (Å²) >= 11 is 0. The number of amides is 1. The van der Waals surface area contributed by atoms with Gasteiger partial charge in [0.2, 0.25) is 0 Å². The topological polar surface area (TPSA) is 132 Å². The maximum Gasteiger partial charge on any atom is 0.410 e. The summed E-state index contributed by atoms with van der Waals surface area (Å²) in [5, 5.41) is 13.0. The fourth-order valence-corrected chi connectivity index (χ4v) is 4.38. The number of benzene rings is 1. The van der Waals surface area contributed by atoms with Crippen LogP contribution in [0, 0.1) is 5.82 Å². The number of hydrogen-bond acceptors (Lipinski definition) is 8. The number of alkyl carbamates (subject to hydrolysis) is 1. The van der Waals surface area contributed by atoms with Crippen LogP contribution in [0.5, 0.6) is 5.75 Å². The number of aromatic hydroxyl groups is 1. The molecule has 2 atom stereocenters. The molecule has 0 saturated carbocycles. The molecule has 2 N–H and O–H groups in total. The Morgan fingerprint density at radius 3 is 2.40 bits per heavy atom. The van der Waals surface area contributed by atoms with Crippen LogP contribution >= 0.6 is 0 Å². The molecule has 0 spiro atoms. The molecule has 2 aromatic rings. The van der Waals surface area contributed by atoms with Gasteiger partial charge in [-0.1, -0.05) is 49.0 Å². The second kappa shape index (κ2) is 19.5. The Morgan fingerprint density at radius 2 is 1.77 bits per heavy atom. The van der Waals surface area contributed by atoms with E-state index >= 15 is 0 Å². The number of esters is 1. The van der Waals surface area contributed by atoms with E-state index < -0.39 is 46.7 Å². The average molecular weight is 650 g/mol. The first-order valence-electron chi connectivity index (χ1n) is 15.4. The number of ether oxygens (including phenoxy) is 2. The van der Waals surface area contributed by atoms with Gasteiger partial charge in [0.1, 0.15) is 29.0 Å². The number of ketones is 1. The second-order valence-corrected chi connectivity index (χ2v) is 11.1. The van der Waals surface area contributed by atoms with Crippen molar-refractivity contribution in [2.45, 2.75) is 78.7 Å². The molecule has 0 fully saturated rings. The minimum atomic E-state index is -0.931. The van der Waals surface area contributed by atoms with E-state index in [0.717, 1.165) is 11.1 Å². The Balaban J connectivity index is 2.11. The van der Waals surface area contributed by atoms with Gasteiger partial charge in [-0.2, -0.15) is 0 Å². The number of hydrogen-bond donors (Lipinski definition) is 2. The van der Waals surface area contributed by atoms with Gasteiger partial charge in [-0.25, -0.2) is 18.8 Å². The lowest BCUT2D eigenvalue weighted by molar-refractivity contribution is 0.0358. The standard InChI is InChI=1S/C37H44FNO8/c1-7-8-9-12-25(3)31(46-35(42)28-17-19-29(38)20-18-28)21-15-24(2)14-16-27(5)34(41)33-30(40)23-32(47-36(33)43)26(4)13-10-11-22-39-37(44)45-6/h7-8,11-12,14,16-20,22-23,26,31,40H,9-10,13,15,21H2,1-6H3,(H,39,44)/b8-7+,22-11+,24-14+,25-12-,27-16+/t26-,31-/m1/s1. The third-order valence-electron chi connectivity index (χ3n) is 7.36. The quantitative estimate of drug-likeness (QED) is 0.0611. The summed E-state index contributed by atoms with van der Waals surface area (Å²) in [6.45, 7) is 9.03. The predicted molar refractivity (Wildman–Crippen MR) is 179 cm³/mol. The molecular weight excluding hydrogens is 605 g/mol. The van der Waals surface area contributed by atoms with Crippen molar-refractivity contribution in [3.8, 4) is 5.75 Å². The molecule has 0 unspecified atom stereocenters. The van der Waals surface area contributed by atoms with E-state index in [9.17, 15) is 28.7 Å². The van der Waals surface area contributed by atoms with Crippen molar-refractivity contribution in [2.75, 3.05) is 7.11 Å². The zero-order chi connectivity index (χ0) is 34.9. The van der Waals surface area contributed by atoms with E-state index in [0.29, 0.717) is 32.1 Å². The van der Waals surface area contributed by atoms with Gasteiger partial charge < -0.3 is 19.0 Å². The molecular formula is C37H44FNO8. The van der Waals surface area contributed by atoms with Gasteiger partial charge in [-0.3, -0.25) is 10.1 Å². The van der Waals surface area contributed by atoms with Crippen LogP contribution in [0.1, 0.15) is 99.1 Å². The Morgan fingerprint density at radius 1 is 1.06 bits per heavy atom. The highest BCUT2D eigenvalue weighted by Gasteiger charge is 2.22. The van der Waals surface area contributed by atoms with E-state index in [4.69, 9.17) is 9.15 Å². The van der Waals surface area contributed by atoms with E-state index in [2.05, 4.69) is 10.1 Å². The highest BCUT2D eigenvalue weighted by atomic mass is 19.1. The van der Waals surface area contributed by atoms with Crippen molar-refractivity contribution in [1.29, 1.82) is 0 Å². The van der Waals surface area contributed by atoms with Gasteiger partial charge in [0.05, 0.1) is 12.7 Å². The number of rotatable bonds is 16. The molecule has 1 amide bonds. The first-order chi connectivity index (χ1) is 22.4. The Labute approximate surface area is 275 Å². The summed E-state index contributed by atoms with van der Waals surface area (Å²) in [5.41, 5.74) is 0.853. The molecule has 1 heterocycles. The van der Waals surface area contributed by atoms with E-state index in [1.165, 1.54) is 50.6 Å². The smallest absolute Gasteiger partial charge is 0.410 e. The van der Waals surface area contributed by atoms with Gasteiger partial charge in [0.15, 0.2) is 5.78 Å². The Bertz CT molecular complexity index is 1590. The van der Waals surface area contributed by atoms with Gasteiger partial charge in [0.25, 0.3) is 0 Å². The molecule has 1 aromatic carbocycles. The summed E-state index contributed by atoms with van der Waals surface area (Å²) in [6, 6.07) is 6.45. The lowest BCUT2D eigenvalue weighted by Crippen LogP contribution is -2.20. The number of methoxy groups -OCH3 is 1. The summed E-state index contributed by atoms with van der Waals surface area (Å²) < 4.78 is 29.0. The van der Waals surface area contributed by atoms with Crippen LogP contribution in [0.3, 0.4) is 0 Å². The van der Waals surface area contributed by atoms with Gasteiger partial charge in [-0.05, 0) is 95.2 Å². The lowest BCUT2D eigenvalue weighted by Gasteiger charge is -2.19. The molecule has 0 aliphatic carbocycles. The molecule has 1 aromatic heterocycles. The molecule has 0 radical (unpaired) electrons. The minimum Gasteiger partial charge on any atom is -0.507 e. The fourth-order valence-electron chi connectivity index (χ4n) is 4.38. The van der Waals surface area contributed by atoms with Crippen LogP contribution in [0.2, 0.25) is 0 Å². The average Bonchev–Trinajstić information content (AvgIpc) is 3.04. The van der Waals surface area contributed by atoms with Gasteiger partial charge in [-0.15, -0.1) is 0 Å². The highest BCUT2D eigenvalue weighted by Crippen LogP contribution is 2.26. The maximum atomic E-state index is 13.3. The van der Waals surface area contributed by atoms with Crippen molar-refractivity contribution < 1.29 is 37.8 Å². The molecule has 0 bridgehead atoms. The molecule has 252 valence electrons. The van der Waals surface area contributed by atoms with Gasteiger partial charge >= 0.3 is 17.7 Å². The first-order valence-corrected chi connectivity index (χ1v) is 15.4. The molecule has 9 nitrogen and oxygen atoms in total. The summed E-state index contributed by atoms with van der Waals surface area (Å²) in [4.78, 5) is 49.7. The van der Waals surface area contributed by atoms with Crippen LogP contribution in [-0.2, 0) is 9.47 Å². The highest BCUT2D eigenvalue weighted by molar-refractivity contribution is 6.09. The molecule has 0 aliphatic rings. The number of Topliss-reactive ketones (excluding diaryl/α,β-unsaturated/α-hetero) is 1. The fraction of sp³-hybridized carbons (Fsp3) is 0.351. The number of nitrogens with one attached hydrogen (secondary N) is 1. The number of carbonyl (C=O) groups is 3. The SMILES string of the molecule is C/C=C/C/C=C(/C)[C@@H](CC/C(C)=C/C=C(\C)C(=O)c1c(O)cc([C@H](C)CC/C=C/NC(=O)OC)oc1=O)OC(=O)c1ccc(F)cc1. The molecule has 0 saturated heterocycles. The number of halogens is 1. The van der Waals surface area contributed by atoms with Crippen molar-refractivity contribution in [1.82, 2.24) is 5.32 Å². The van der Waals surface area contributed by atoms with Crippen molar-refractivity contribution in [2.24, 2.45) is 0 Å². The summed E-state index contributed by atoms with van der Waals surface area (Å²) in [6.07, 6.45) is 14.0. The van der Waals surface area contributed by atoms with E-state index in [1.54, 1.807) is 18.2 Å². The third-order valence-corrected chi connectivity index (χ3v) is 7.36. The predicted octanol–water partition coefficient (Wildman–Crippen LogP) is 8.23. The lowest BCUT2D eigenvalue weighted by atomic mass is 9.99. The molecule has 0 aliphatic heterocycles.